The second kappa shape index (κ2) is 10.7. The van der Waals surface area contributed by atoms with Gasteiger partial charge in [0.15, 0.2) is 0 Å². The van der Waals surface area contributed by atoms with Gasteiger partial charge in [-0.05, 0) is 66.3 Å². The van der Waals surface area contributed by atoms with Gasteiger partial charge in [-0.1, -0.05) is 54.6 Å². The maximum absolute atomic E-state index is 12.5. The lowest BCUT2D eigenvalue weighted by Crippen LogP contribution is -2.32. The molecule has 0 spiro atoms. The van der Waals surface area contributed by atoms with Gasteiger partial charge < -0.3 is 25.2 Å². The highest BCUT2D eigenvalue weighted by atomic mass is 16.6. The third kappa shape index (κ3) is 6.46. The number of aromatic carboxylic acids is 1. The smallest absolute Gasteiger partial charge is 0.407 e. The van der Waals surface area contributed by atoms with Gasteiger partial charge in [0.05, 0.1) is 5.56 Å². The minimum atomic E-state index is -1.11. The van der Waals surface area contributed by atoms with Gasteiger partial charge in [0, 0.05) is 19.0 Å². The molecule has 192 valence electrons. The highest BCUT2D eigenvalue weighted by Gasteiger charge is 2.29. The number of hydrogen-bond acceptors (Lipinski definition) is 5. The lowest BCUT2D eigenvalue weighted by molar-refractivity contribution is 0.0523. The fraction of sp³-hybridized carbons (Fsp3) is 0.276. The number of carboxylic acid groups (broad SMARTS) is 1. The highest BCUT2D eigenvalue weighted by molar-refractivity contribution is 5.88. The molecule has 0 radical (unpaired) electrons. The Balaban J connectivity index is 1.37. The minimum Gasteiger partial charge on any atom is -0.478 e. The van der Waals surface area contributed by atoms with Crippen molar-refractivity contribution in [2.24, 2.45) is 0 Å². The predicted octanol–water partition coefficient (Wildman–Crippen LogP) is 5.45. The van der Waals surface area contributed by atoms with Gasteiger partial charge in [0.1, 0.15) is 12.2 Å². The summed E-state index contributed by atoms with van der Waals surface area (Å²) in [5, 5.41) is 14.8. The van der Waals surface area contributed by atoms with Crippen LogP contribution >= 0.6 is 0 Å². The van der Waals surface area contributed by atoms with Crippen LogP contribution < -0.4 is 10.6 Å². The summed E-state index contributed by atoms with van der Waals surface area (Å²) in [7, 11) is 0. The Hall–Kier alpha value is -4.33. The molecular weight excluding hydrogens is 472 g/mol. The van der Waals surface area contributed by atoms with Crippen molar-refractivity contribution in [3.63, 3.8) is 0 Å². The largest absolute Gasteiger partial charge is 0.478 e. The van der Waals surface area contributed by atoms with Crippen molar-refractivity contribution in [2.45, 2.75) is 45.4 Å². The average molecular weight is 503 g/mol. The van der Waals surface area contributed by atoms with Crippen LogP contribution in [-0.2, 0) is 22.6 Å². The standard InChI is InChI=1S/C29H30N2O6/c1-29(2,3)37-28(35)31-16-19-12-18(13-20(14-19)26(32)33)15-30-27(34)36-17-25-23-10-6-4-8-21(23)22-9-5-7-11-24(22)25/h4-14,25H,15-17H2,1-3H3,(H,30,34)(H,31,35)(H,32,33). The van der Waals surface area contributed by atoms with E-state index in [4.69, 9.17) is 9.47 Å². The Bertz CT molecular complexity index is 1280. The summed E-state index contributed by atoms with van der Waals surface area (Å²) >= 11 is 0. The fourth-order valence-corrected chi connectivity index (χ4v) is 4.40. The molecule has 0 saturated heterocycles. The number of benzene rings is 3. The van der Waals surface area contributed by atoms with Crippen LogP contribution in [0.4, 0.5) is 9.59 Å². The summed E-state index contributed by atoms with van der Waals surface area (Å²) in [5.41, 5.74) is 5.05. The van der Waals surface area contributed by atoms with Gasteiger partial charge in [-0.15, -0.1) is 0 Å². The van der Waals surface area contributed by atoms with E-state index in [1.807, 2.05) is 36.4 Å². The maximum Gasteiger partial charge on any atom is 0.407 e. The molecule has 0 aromatic heterocycles. The van der Waals surface area contributed by atoms with Gasteiger partial charge in [-0.25, -0.2) is 14.4 Å². The van der Waals surface area contributed by atoms with E-state index in [1.165, 1.54) is 12.1 Å². The van der Waals surface area contributed by atoms with E-state index in [-0.39, 0.29) is 31.2 Å². The first-order valence-corrected chi connectivity index (χ1v) is 12.0. The van der Waals surface area contributed by atoms with E-state index in [0.717, 1.165) is 22.3 Å². The number of ether oxygens (including phenoxy) is 2. The van der Waals surface area contributed by atoms with E-state index >= 15 is 0 Å². The Morgan fingerprint density at radius 1 is 0.811 bits per heavy atom. The van der Waals surface area contributed by atoms with Crippen molar-refractivity contribution < 1.29 is 29.0 Å². The van der Waals surface area contributed by atoms with Crippen LogP contribution in [0.1, 0.15) is 59.3 Å². The molecule has 0 fully saturated rings. The zero-order chi connectivity index (χ0) is 26.6. The van der Waals surface area contributed by atoms with Crippen molar-refractivity contribution in [1.82, 2.24) is 10.6 Å². The van der Waals surface area contributed by atoms with E-state index < -0.39 is 23.8 Å². The van der Waals surface area contributed by atoms with Crippen molar-refractivity contribution in [1.29, 1.82) is 0 Å². The van der Waals surface area contributed by atoms with Crippen LogP contribution in [0.2, 0.25) is 0 Å². The van der Waals surface area contributed by atoms with Gasteiger partial charge in [-0.2, -0.15) is 0 Å². The van der Waals surface area contributed by atoms with Crippen LogP contribution in [0.25, 0.3) is 11.1 Å². The fourth-order valence-electron chi connectivity index (χ4n) is 4.40. The Morgan fingerprint density at radius 2 is 1.32 bits per heavy atom. The quantitative estimate of drug-likeness (QED) is 0.396. The summed E-state index contributed by atoms with van der Waals surface area (Å²) in [6.07, 6.45) is -1.21. The van der Waals surface area contributed by atoms with Crippen LogP contribution in [0.5, 0.6) is 0 Å². The minimum absolute atomic E-state index is 0.0489. The number of nitrogens with one attached hydrogen (secondary N) is 2. The molecule has 3 N–H and O–H groups in total. The summed E-state index contributed by atoms with van der Waals surface area (Å²) < 4.78 is 10.8. The Labute approximate surface area is 215 Å². The summed E-state index contributed by atoms with van der Waals surface area (Å²) in [5.74, 6) is -1.17. The second-order valence-corrected chi connectivity index (χ2v) is 9.88. The summed E-state index contributed by atoms with van der Waals surface area (Å²) in [4.78, 5) is 36.1. The van der Waals surface area contributed by atoms with Gasteiger partial charge >= 0.3 is 18.2 Å². The lowest BCUT2D eigenvalue weighted by atomic mass is 9.98. The van der Waals surface area contributed by atoms with E-state index in [0.29, 0.717) is 11.1 Å². The molecule has 0 atom stereocenters. The van der Waals surface area contributed by atoms with E-state index in [1.54, 1.807) is 26.8 Å². The summed E-state index contributed by atoms with van der Waals surface area (Å²) in [6.45, 7) is 5.59. The topological polar surface area (TPSA) is 114 Å². The molecule has 0 bridgehead atoms. The van der Waals surface area contributed by atoms with Crippen molar-refractivity contribution >= 4 is 18.2 Å². The molecule has 0 saturated carbocycles. The average Bonchev–Trinajstić information content (AvgIpc) is 3.17. The molecule has 8 heteroatoms. The van der Waals surface area contributed by atoms with Crippen molar-refractivity contribution in [2.75, 3.05) is 6.61 Å². The Kier molecular flexibility index (Phi) is 7.47. The molecule has 1 aliphatic carbocycles. The number of carboxylic acids is 1. The predicted molar refractivity (Wildman–Crippen MR) is 138 cm³/mol. The second-order valence-electron chi connectivity index (χ2n) is 9.88. The maximum atomic E-state index is 12.5. The van der Waals surface area contributed by atoms with Crippen molar-refractivity contribution in [3.05, 3.63) is 94.5 Å². The molecule has 3 aromatic rings. The van der Waals surface area contributed by atoms with Crippen LogP contribution in [-0.4, -0.2) is 35.5 Å². The molecule has 1 aliphatic rings. The first-order chi connectivity index (χ1) is 17.6. The third-order valence-corrected chi connectivity index (χ3v) is 5.92. The van der Waals surface area contributed by atoms with Crippen LogP contribution in [0, 0.1) is 0 Å². The number of carbonyl (C=O) groups excluding carboxylic acids is 2. The molecule has 2 amide bonds. The lowest BCUT2D eigenvalue weighted by Gasteiger charge is -2.19. The number of carbonyl (C=O) groups is 3. The molecule has 4 rings (SSSR count). The number of amides is 2. The SMILES string of the molecule is CC(C)(C)OC(=O)NCc1cc(CNC(=O)OCC2c3ccccc3-c3ccccc32)cc(C(=O)O)c1. The molecule has 37 heavy (non-hydrogen) atoms. The molecule has 0 aliphatic heterocycles. The van der Waals surface area contributed by atoms with Gasteiger partial charge in [-0.3, -0.25) is 0 Å². The zero-order valence-corrected chi connectivity index (χ0v) is 21.0. The zero-order valence-electron chi connectivity index (χ0n) is 21.0. The Morgan fingerprint density at radius 3 is 1.84 bits per heavy atom. The van der Waals surface area contributed by atoms with Crippen LogP contribution in [0.3, 0.4) is 0 Å². The van der Waals surface area contributed by atoms with Gasteiger partial charge in [0.2, 0.25) is 0 Å². The number of hydrogen-bond donors (Lipinski definition) is 3. The molecule has 0 unspecified atom stereocenters. The van der Waals surface area contributed by atoms with Crippen molar-refractivity contribution in [3.8, 4) is 11.1 Å². The summed E-state index contributed by atoms with van der Waals surface area (Å²) in [6, 6.07) is 20.8. The van der Waals surface area contributed by atoms with Crippen LogP contribution in [0.15, 0.2) is 66.7 Å². The third-order valence-electron chi connectivity index (χ3n) is 5.92. The number of alkyl carbamates (subject to hydrolysis) is 2. The highest BCUT2D eigenvalue weighted by Crippen LogP contribution is 2.44. The van der Waals surface area contributed by atoms with Gasteiger partial charge in [0.25, 0.3) is 0 Å². The normalized spacial score (nSPS) is 12.3. The number of rotatable bonds is 7. The van der Waals surface area contributed by atoms with E-state index in [2.05, 4.69) is 22.8 Å². The first-order valence-electron chi connectivity index (χ1n) is 12.0. The monoisotopic (exact) mass is 502 g/mol. The van der Waals surface area contributed by atoms with E-state index in [9.17, 15) is 19.5 Å². The first kappa shape index (κ1) is 25.8. The number of fused-ring (bicyclic) bond motifs is 3. The molecule has 0 heterocycles. The molecule has 8 nitrogen and oxygen atoms in total. The molecular formula is C29H30N2O6. The molecule has 3 aromatic carbocycles.